The Morgan fingerprint density at radius 2 is 1.84 bits per heavy atom. The first-order chi connectivity index (χ1) is 8.93. The second-order valence-electron chi connectivity index (χ2n) is 6.44. The highest BCUT2D eigenvalue weighted by Crippen LogP contribution is 2.43. The van der Waals surface area contributed by atoms with Gasteiger partial charge in [0.1, 0.15) is 5.54 Å². The molecule has 1 N–H and O–H groups in total. The monoisotopic (exact) mass is 264 g/mol. The second kappa shape index (κ2) is 6.41. The van der Waals surface area contributed by atoms with E-state index < -0.39 is 5.54 Å². The predicted molar refractivity (Wildman–Crippen MR) is 77.4 cm³/mol. The van der Waals surface area contributed by atoms with E-state index in [1.807, 2.05) is 13.8 Å². The molecule has 0 aromatic carbocycles. The number of nitrogens with zero attached hydrogens (tertiary/aromatic N) is 1. The van der Waals surface area contributed by atoms with Crippen molar-refractivity contribution in [2.24, 2.45) is 11.3 Å². The molecule has 0 aromatic rings. The Balaban J connectivity index is 2.87. The fourth-order valence-corrected chi connectivity index (χ4v) is 3.32. The van der Waals surface area contributed by atoms with Gasteiger partial charge in [0, 0.05) is 5.41 Å². The average molecular weight is 264 g/mol. The largest absolute Gasteiger partial charge is 0.337 e. The topological polar surface area (TPSA) is 52.9 Å². The van der Waals surface area contributed by atoms with Crippen molar-refractivity contribution >= 4 is 5.91 Å². The maximum atomic E-state index is 12.7. The van der Waals surface area contributed by atoms with E-state index in [-0.39, 0.29) is 11.3 Å². The molecule has 0 aromatic heterocycles. The highest BCUT2D eigenvalue weighted by Gasteiger charge is 2.43. The Morgan fingerprint density at radius 1 is 1.32 bits per heavy atom. The summed E-state index contributed by atoms with van der Waals surface area (Å²) in [4.78, 5) is 12.7. The number of carbonyl (C=O) groups excluding carboxylic acids is 1. The van der Waals surface area contributed by atoms with Gasteiger partial charge in [-0.15, -0.1) is 0 Å². The quantitative estimate of drug-likeness (QED) is 0.793. The van der Waals surface area contributed by atoms with Gasteiger partial charge in [-0.2, -0.15) is 5.26 Å². The van der Waals surface area contributed by atoms with Crippen molar-refractivity contribution in [1.82, 2.24) is 5.32 Å². The molecule has 0 atom stereocenters. The molecule has 0 saturated heterocycles. The van der Waals surface area contributed by atoms with E-state index in [0.717, 1.165) is 32.1 Å². The summed E-state index contributed by atoms with van der Waals surface area (Å²) in [6, 6.07) is 2.31. The summed E-state index contributed by atoms with van der Waals surface area (Å²) in [7, 11) is 0. The molecule has 0 unspecified atom stereocenters. The van der Waals surface area contributed by atoms with Gasteiger partial charge in [-0.1, -0.05) is 40.5 Å². The minimum absolute atomic E-state index is 0.115. The minimum Gasteiger partial charge on any atom is -0.337 e. The molecule has 0 heterocycles. The van der Waals surface area contributed by atoms with Crippen molar-refractivity contribution in [3.63, 3.8) is 0 Å². The summed E-state index contributed by atoms with van der Waals surface area (Å²) in [5, 5.41) is 12.4. The molecule has 0 bridgehead atoms. The van der Waals surface area contributed by atoms with Gasteiger partial charge in [-0.05, 0) is 38.0 Å². The Morgan fingerprint density at radius 3 is 2.21 bits per heavy atom. The number of nitriles is 1. The predicted octanol–water partition coefficient (Wildman–Crippen LogP) is 3.79. The van der Waals surface area contributed by atoms with Crippen LogP contribution >= 0.6 is 0 Å². The molecule has 0 radical (unpaired) electrons. The molecule has 1 rings (SSSR count). The lowest BCUT2D eigenvalue weighted by Gasteiger charge is -2.34. The summed E-state index contributed by atoms with van der Waals surface area (Å²) in [5.74, 6) is 0.632. The highest BCUT2D eigenvalue weighted by molar-refractivity contribution is 5.84. The highest BCUT2D eigenvalue weighted by atomic mass is 16.2. The molecule has 1 aliphatic rings. The van der Waals surface area contributed by atoms with E-state index in [1.165, 1.54) is 0 Å². The summed E-state index contributed by atoms with van der Waals surface area (Å²) in [5.41, 5.74) is -0.899. The molecule has 1 amide bonds. The van der Waals surface area contributed by atoms with Crippen LogP contribution in [0.25, 0.3) is 0 Å². The first kappa shape index (κ1) is 16.0. The number of carbonyl (C=O) groups is 1. The molecule has 1 fully saturated rings. The van der Waals surface area contributed by atoms with E-state index >= 15 is 0 Å². The molecule has 1 aliphatic carbocycles. The zero-order valence-electron chi connectivity index (χ0n) is 12.9. The lowest BCUT2D eigenvalue weighted by molar-refractivity contribution is -0.133. The zero-order chi connectivity index (χ0) is 14.5. The summed E-state index contributed by atoms with van der Waals surface area (Å²) in [6.45, 7) is 8.28. The van der Waals surface area contributed by atoms with Gasteiger partial charge in [-0.25, -0.2) is 0 Å². The Labute approximate surface area is 117 Å². The van der Waals surface area contributed by atoms with Crippen LogP contribution in [0.5, 0.6) is 0 Å². The fourth-order valence-electron chi connectivity index (χ4n) is 3.32. The lowest BCUT2D eigenvalue weighted by atomic mass is 9.77. The van der Waals surface area contributed by atoms with Crippen LogP contribution in [0.3, 0.4) is 0 Å². The molecule has 108 valence electrons. The number of amides is 1. The maximum Gasteiger partial charge on any atom is 0.227 e. The molecular weight excluding hydrogens is 236 g/mol. The van der Waals surface area contributed by atoms with Crippen molar-refractivity contribution in [3.8, 4) is 6.07 Å². The van der Waals surface area contributed by atoms with E-state index in [9.17, 15) is 10.1 Å². The molecule has 1 saturated carbocycles. The number of hydrogen-bond acceptors (Lipinski definition) is 2. The van der Waals surface area contributed by atoms with E-state index in [2.05, 4.69) is 25.2 Å². The third kappa shape index (κ3) is 3.49. The third-order valence-electron chi connectivity index (χ3n) is 4.62. The van der Waals surface area contributed by atoms with Gasteiger partial charge in [0.25, 0.3) is 0 Å². The minimum atomic E-state index is -0.677. The first-order valence-electron chi connectivity index (χ1n) is 7.67. The number of hydrogen-bond donors (Lipinski definition) is 1. The number of nitrogens with one attached hydrogen (secondary N) is 1. The maximum absolute atomic E-state index is 12.7. The van der Waals surface area contributed by atoms with Gasteiger partial charge in [0.2, 0.25) is 5.91 Å². The van der Waals surface area contributed by atoms with Crippen LogP contribution in [0, 0.1) is 22.7 Å². The average Bonchev–Trinajstić information content (AvgIpc) is 2.85. The van der Waals surface area contributed by atoms with Crippen LogP contribution in [0.2, 0.25) is 0 Å². The lowest BCUT2D eigenvalue weighted by Crippen LogP contribution is -2.52. The SMILES string of the molecule is CCC(C#N)(CC)NC(=O)C1(CC(C)C)CCCC1. The van der Waals surface area contributed by atoms with Gasteiger partial charge in [0.05, 0.1) is 6.07 Å². The van der Waals surface area contributed by atoms with Crippen molar-refractivity contribution < 1.29 is 4.79 Å². The molecule has 3 heteroatoms. The smallest absolute Gasteiger partial charge is 0.227 e. The second-order valence-corrected chi connectivity index (χ2v) is 6.44. The Bertz CT molecular complexity index is 344. The van der Waals surface area contributed by atoms with Crippen molar-refractivity contribution in [3.05, 3.63) is 0 Å². The van der Waals surface area contributed by atoms with Gasteiger partial charge in [0.15, 0.2) is 0 Å². The van der Waals surface area contributed by atoms with Gasteiger partial charge >= 0.3 is 0 Å². The van der Waals surface area contributed by atoms with Crippen molar-refractivity contribution in [1.29, 1.82) is 5.26 Å². The van der Waals surface area contributed by atoms with Crippen LogP contribution in [0.4, 0.5) is 0 Å². The fraction of sp³-hybridized carbons (Fsp3) is 0.875. The van der Waals surface area contributed by atoms with E-state index in [1.54, 1.807) is 0 Å². The molecule has 0 aliphatic heterocycles. The summed E-state index contributed by atoms with van der Waals surface area (Å²) >= 11 is 0. The van der Waals surface area contributed by atoms with Gasteiger partial charge < -0.3 is 5.32 Å². The van der Waals surface area contributed by atoms with Gasteiger partial charge in [-0.3, -0.25) is 4.79 Å². The summed E-state index contributed by atoms with van der Waals surface area (Å²) < 4.78 is 0. The Hall–Kier alpha value is -1.04. The first-order valence-corrected chi connectivity index (χ1v) is 7.67. The van der Waals surface area contributed by atoms with E-state index in [0.29, 0.717) is 18.8 Å². The molecule has 0 spiro atoms. The third-order valence-corrected chi connectivity index (χ3v) is 4.62. The molecular formula is C16H28N2O. The molecule has 3 nitrogen and oxygen atoms in total. The van der Waals surface area contributed by atoms with Crippen LogP contribution in [0.15, 0.2) is 0 Å². The van der Waals surface area contributed by atoms with Crippen LogP contribution in [-0.4, -0.2) is 11.4 Å². The molecule has 19 heavy (non-hydrogen) atoms. The van der Waals surface area contributed by atoms with Crippen LogP contribution in [0.1, 0.15) is 72.6 Å². The number of rotatable bonds is 6. The summed E-state index contributed by atoms with van der Waals surface area (Å²) in [6.07, 6.45) is 6.51. The normalized spacial score (nSPS) is 18.3. The van der Waals surface area contributed by atoms with E-state index in [4.69, 9.17) is 0 Å². The van der Waals surface area contributed by atoms with Crippen molar-refractivity contribution in [2.45, 2.75) is 78.2 Å². The zero-order valence-corrected chi connectivity index (χ0v) is 12.9. The standard InChI is InChI=1S/C16H28N2O/c1-5-16(6-2,12-17)18-14(19)15(11-13(3)4)9-7-8-10-15/h13H,5-11H2,1-4H3,(H,18,19). The van der Waals surface area contributed by atoms with Crippen LogP contribution in [-0.2, 0) is 4.79 Å². The van der Waals surface area contributed by atoms with Crippen molar-refractivity contribution in [2.75, 3.05) is 0 Å². The Kier molecular flexibility index (Phi) is 5.40. The van der Waals surface area contributed by atoms with Crippen LogP contribution < -0.4 is 5.32 Å².